The van der Waals surface area contributed by atoms with Crippen LogP contribution in [0.3, 0.4) is 0 Å². The number of nitrogens with one attached hydrogen (secondary N) is 1. The lowest BCUT2D eigenvalue weighted by Gasteiger charge is -2.02. The van der Waals surface area contributed by atoms with E-state index in [2.05, 4.69) is 40.3 Å². The molecule has 3 rings (SSSR count). The van der Waals surface area contributed by atoms with E-state index in [9.17, 15) is 9.59 Å². The van der Waals surface area contributed by atoms with Gasteiger partial charge in [-0.25, -0.2) is 4.98 Å². The molecule has 27 heavy (non-hydrogen) atoms. The number of thiazole rings is 1. The van der Waals surface area contributed by atoms with Crippen LogP contribution in [-0.2, 0) is 16.0 Å². The Morgan fingerprint density at radius 3 is 2.70 bits per heavy atom. The van der Waals surface area contributed by atoms with Crippen molar-refractivity contribution in [2.75, 3.05) is 6.54 Å². The Labute approximate surface area is 162 Å². The van der Waals surface area contributed by atoms with Crippen LogP contribution in [0.5, 0.6) is 0 Å². The number of rotatable bonds is 7. The van der Waals surface area contributed by atoms with Crippen LogP contribution in [0.1, 0.15) is 24.8 Å². The van der Waals surface area contributed by atoms with Crippen LogP contribution in [0.15, 0.2) is 48.5 Å². The van der Waals surface area contributed by atoms with Crippen LogP contribution in [0.2, 0.25) is 0 Å². The van der Waals surface area contributed by atoms with Crippen LogP contribution in [0.25, 0.3) is 21.3 Å². The van der Waals surface area contributed by atoms with Crippen LogP contribution in [0, 0.1) is 11.8 Å². The third kappa shape index (κ3) is 5.25. The molecule has 0 atom stereocenters. The maximum Gasteiger partial charge on any atom is 0.227 e. The van der Waals surface area contributed by atoms with Gasteiger partial charge in [0.15, 0.2) is 5.78 Å². The molecule has 1 N–H and O–H groups in total. The standard InChI is InChI=1S/C22H20N2O2S/c1-2-3-5-10-18(25)15-23-21(26)14-22-24-19-12-11-17(13-20(19)27-22)16-8-6-4-7-9-16/h4,6-9,11-13H,5,10,14-15H2,1H3,(H,23,26). The zero-order chi connectivity index (χ0) is 19.1. The van der Waals surface area contributed by atoms with E-state index in [1.165, 1.54) is 11.3 Å². The van der Waals surface area contributed by atoms with Gasteiger partial charge in [0.05, 0.1) is 23.2 Å². The molecule has 0 aliphatic rings. The number of nitrogens with zero attached hydrogens (tertiary/aromatic N) is 1. The molecule has 0 bridgehead atoms. The highest BCUT2D eigenvalue weighted by Gasteiger charge is 2.11. The molecule has 136 valence electrons. The van der Waals surface area contributed by atoms with Gasteiger partial charge in [0, 0.05) is 12.8 Å². The molecule has 0 radical (unpaired) electrons. The topological polar surface area (TPSA) is 59.1 Å². The quantitative estimate of drug-likeness (QED) is 0.634. The lowest BCUT2D eigenvalue weighted by molar-refractivity contribution is -0.124. The van der Waals surface area contributed by atoms with Gasteiger partial charge in [-0.05, 0) is 30.2 Å². The van der Waals surface area contributed by atoms with Gasteiger partial charge >= 0.3 is 0 Å². The van der Waals surface area contributed by atoms with Gasteiger partial charge in [-0.1, -0.05) is 36.4 Å². The molecule has 5 heteroatoms. The molecule has 1 amide bonds. The minimum Gasteiger partial charge on any atom is -0.349 e. The molecule has 0 fully saturated rings. The first-order chi connectivity index (χ1) is 13.2. The molecule has 0 aliphatic carbocycles. The Bertz CT molecular complexity index is 1010. The highest BCUT2D eigenvalue weighted by atomic mass is 32.1. The maximum atomic E-state index is 12.1. The molecule has 1 heterocycles. The van der Waals surface area contributed by atoms with E-state index >= 15 is 0 Å². The number of amides is 1. The molecule has 0 saturated heterocycles. The van der Waals surface area contributed by atoms with E-state index in [4.69, 9.17) is 0 Å². The Morgan fingerprint density at radius 2 is 1.93 bits per heavy atom. The zero-order valence-corrected chi connectivity index (χ0v) is 15.9. The third-order valence-corrected chi connectivity index (χ3v) is 5.06. The minimum absolute atomic E-state index is 0.0112. The predicted molar refractivity (Wildman–Crippen MR) is 109 cm³/mol. The van der Waals surface area contributed by atoms with Crippen LogP contribution >= 0.6 is 11.3 Å². The van der Waals surface area contributed by atoms with E-state index < -0.39 is 0 Å². The molecule has 4 nitrogen and oxygen atoms in total. The third-order valence-electron chi connectivity index (χ3n) is 4.04. The predicted octanol–water partition coefficient (Wildman–Crippen LogP) is 3.99. The van der Waals surface area contributed by atoms with Gasteiger partial charge < -0.3 is 5.32 Å². The molecule has 0 unspecified atom stereocenters. The number of Topliss-reactive ketones (excluding diaryl/α,β-unsaturated/α-hetero) is 1. The van der Waals surface area contributed by atoms with Crippen molar-refractivity contribution in [1.82, 2.24) is 10.3 Å². The fourth-order valence-electron chi connectivity index (χ4n) is 2.67. The van der Waals surface area contributed by atoms with E-state index in [-0.39, 0.29) is 24.7 Å². The summed E-state index contributed by atoms with van der Waals surface area (Å²) in [5.74, 6) is 5.40. The van der Waals surface area contributed by atoms with Crippen molar-refractivity contribution in [2.45, 2.75) is 26.2 Å². The molecule has 0 aliphatic heterocycles. The number of hydrogen-bond donors (Lipinski definition) is 1. The van der Waals surface area contributed by atoms with Crippen molar-refractivity contribution < 1.29 is 9.59 Å². The minimum atomic E-state index is -0.188. The summed E-state index contributed by atoms with van der Waals surface area (Å²) in [5.41, 5.74) is 3.17. The monoisotopic (exact) mass is 376 g/mol. The van der Waals surface area contributed by atoms with Gasteiger partial charge in [0.2, 0.25) is 5.91 Å². The highest BCUT2D eigenvalue weighted by molar-refractivity contribution is 7.18. The van der Waals surface area contributed by atoms with Crippen molar-refractivity contribution in [2.24, 2.45) is 0 Å². The number of aromatic nitrogens is 1. The highest BCUT2D eigenvalue weighted by Crippen LogP contribution is 2.28. The summed E-state index contributed by atoms with van der Waals surface area (Å²) in [5, 5.41) is 3.42. The van der Waals surface area contributed by atoms with E-state index in [0.29, 0.717) is 12.8 Å². The summed E-state index contributed by atoms with van der Waals surface area (Å²) in [6.45, 7) is 1.79. The number of benzene rings is 2. The number of carbonyl (C=O) groups is 2. The summed E-state index contributed by atoms with van der Waals surface area (Å²) in [6.07, 6.45) is 1.08. The fraction of sp³-hybridized carbons (Fsp3) is 0.227. The molecule has 1 aromatic heterocycles. The molecule has 0 saturated carbocycles. The van der Waals surface area contributed by atoms with Gasteiger partial charge in [-0.3, -0.25) is 9.59 Å². The zero-order valence-electron chi connectivity index (χ0n) is 15.1. The smallest absolute Gasteiger partial charge is 0.227 e. The normalized spacial score (nSPS) is 10.3. The second-order valence-corrected chi connectivity index (χ2v) is 7.19. The first-order valence-electron chi connectivity index (χ1n) is 8.78. The van der Waals surface area contributed by atoms with Gasteiger partial charge in [0.1, 0.15) is 5.01 Å². The molecular weight excluding hydrogens is 356 g/mol. The second kappa shape index (κ2) is 9.11. The van der Waals surface area contributed by atoms with Crippen LogP contribution in [0.4, 0.5) is 0 Å². The van der Waals surface area contributed by atoms with Crippen molar-refractivity contribution in [1.29, 1.82) is 0 Å². The fourth-order valence-corrected chi connectivity index (χ4v) is 3.68. The summed E-state index contributed by atoms with van der Waals surface area (Å²) in [4.78, 5) is 28.3. The molecule has 0 spiro atoms. The van der Waals surface area contributed by atoms with Gasteiger partial charge in [-0.2, -0.15) is 0 Å². The van der Waals surface area contributed by atoms with Gasteiger partial charge in [0.25, 0.3) is 0 Å². The lowest BCUT2D eigenvalue weighted by atomic mass is 10.1. The maximum absolute atomic E-state index is 12.1. The Morgan fingerprint density at radius 1 is 1.11 bits per heavy atom. The summed E-state index contributed by atoms with van der Waals surface area (Å²) >= 11 is 1.51. The Balaban J connectivity index is 1.61. The Hall–Kier alpha value is -2.97. The van der Waals surface area contributed by atoms with Crippen molar-refractivity contribution in [3.63, 3.8) is 0 Å². The number of fused-ring (bicyclic) bond motifs is 1. The SMILES string of the molecule is CC#CCCC(=O)CNC(=O)Cc1nc2ccc(-c3ccccc3)cc2s1. The number of hydrogen-bond acceptors (Lipinski definition) is 4. The summed E-state index contributed by atoms with van der Waals surface area (Å²) < 4.78 is 1.05. The summed E-state index contributed by atoms with van der Waals surface area (Å²) in [7, 11) is 0. The first-order valence-corrected chi connectivity index (χ1v) is 9.60. The lowest BCUT2D eigenvalue weighted by Crippen LogP contribution is -2.30. The van der Waals surface area contributed by atoms with Crippen molar-refractivity contribution in [3.8, 4) is 23.0 Å². The largest absolute Gasteiger partial charge is 0.349 e. The van der Waals surface area contributed by atoms with Crippen LogP contribution in [-0.4, -0.2) is 23.2 Å². The van der Waals surface area contributed by atoms with Crippen LogP contribution < -0.4 is 5.32 Å². The molecular formula is C22H20N2O2S. The van der Waals surface area contributed by atoms with Crippen molar-refractivity contribution >= 4 is 33.2 Å². The molecule has 3 aromatic rings. The average molecular weight is 376 g/mol. The van der Waals surface area contributed by atoms with E-state index in [1.807, 2.05) is 30.3 Å². The van der Waals surface area contributed by atoms with E-state index in [0.717, 1.165) is 26.4 Å². The number of carbonyl (C=O) groups excluding carboxylic acids is 2. The number of ketones is 1. The first kappa shape index (κ1) is 18.8. The second-order valence-electron chi connectivity index (χ2n) is 6.08. The Kier molecular flexibility index (Phi) is 6.35. The van der Waals surface area contributed by atoms with E-state index in [1.54, 1.807) is 6.92 Å². The average Bonchev–Trinajstić information content (AvgIpc) is 3.08. The van der Waals surface area contributed by atoms with Gasteiger partial charge in [-0.15, -0.1) is 23.2 Å². The van der Waals surface area contributed by atoms with Crippen molar-refractivity contribution in [3.05, 3.63) is 53.5 Å². The molecule has 2 aromatic carbocycles. The summed E-state index contributed by atoms with van der Waals surface area (Å²) in [6, 6.07) is 16.3.